The SMILES string of the molecule is COCCN(C)C(CNC(C)C)C(C)C. The van der Waals surface area contributed by atoms with Crippen molar-refractivity contribution in [3.63, 3.8) is 0 Å². The zero-order valence-corrected chi connectivity index (χ0v) is 11.2. The molecule has 0 fully saturated rings. The van der Waals surface area contributed by atoms with Gasteiger partial charge < -0.3 is 10.1 Å². The van der Waals surface area contributed by atoms with Gasteiger partial charge in [0.15, 0.2) is 0 Å². The molecule has 0 saturated carbocycles. The Hall–Kier alpha value is -0.120. The second-order valence-electron chi connectivity index (χ2n) is 4.85. The van der Waals surface area contributed by atoms with E-state index in [0.29, 0.717) is 18.0 Å². The third kappa shape index (κ3) is 6.88. The van der Waals surface area contributed by atoms with Crippen LogP contribution in [0.15, 0.2) is 0 Å². The topological polar surface area (TPSA) is 24.5 Å². The van der Waals surface area contributed by atoms with Gasteiger partial charge in [-0.25, -0.2) is 0 Å². The van der Waals surface area contributed by atoms with E-state index in [0.717, 1.165) is 19.7 Å². The molecule has 0 heterocycles. The van der Waals surface area contributed by atoms with Crippen molar-refractivity contribution in [1.82, 2.24) is 10.2 Å². The predicted molar refractivity (Wildman–Crippen MR) is 66.3 cm³/mol. The molecule has 0 amide bonds. The number of nitrogens with one attached hydrogen (secondary N) is 1. The number of hydrogen-bond donors (Lipinski definition) is 1. The molecule has 0 aliphatic carbocycles. The molecule has 1 unspecified atom stereocenters. The number of likely N-dealkylation sites (N-methyl/N-ethyl adjacent to an activating group) is 1. The highest BCUT2D eigenvalue weighted by molar-refractivity contribution is 4.75. The fourth-order valence-corrected chi connectivity index (χ4v) is 1.66. The fraction of sp³-hybridized carbons (Fsp3) is 1.00. The molecule has 0 aromatic rings. The molecule has 1 N–H and O–H groups in total. The van der Waals surface area contributed by atoms with Crippen LogP contribution in [0.4, 0.5) is 0 Å². The summed E-state index contributed by atoms with van der Waals surface area (Å²) in [6.07, 6.45) is 0. The fourth-order valence-electron chi connectivity index (χ4n) is 1.66. The van der Waals surface area contributed by atoms with Crippen molar-refractivity contribution < 1.29 is 4.74 Å². The molecule has 3 heteroatoms. The molecule has 0 aromatic heterocycles. The van der Waals surface area contributed by atoms with Crippen LogP contribution in [-0.4, -0.2) is 50.8 Å². The van der Waals surface area contributed by atoms with Gasteiger partial charge in [0.2, 0.25) is 0 Å². The molecule has 3 nitrogen and oxygen atoms in total. The average Bonchev–Trinajstić information content (AvgIpc) is 2.13. The van der Waals surface area contributed by atoms with Crippen molar-refractivity contribution in [2.45, 2.75) is 39.8 Å². The van der Waals surface area contributed by atoms with Crippen molar-refractivity contribution in [3.8, 4) is 0 Å². The zero-order valence-electron chi connectivity index (χ0n) is 11.2. The van der Waals surface area contributed by atoms with E-state index in [9.17, 15) is 0 Å². The predicted octanol–water partition coefficient (Wildman–Crippen LogP) is 1.59. The zero-order chi connectivity index (χ0) is 11.8. The van der Waals surface area contributed by atoms with E-state index >= 15 is 0 Å². The first-order valence-corrected chi connectivity index (χ1v) is 5.91. The molecule has 15 heavy (non-hydrogen) atoms. The van der Waals surface area contributed by atoms with E-state index in [1.54, 1.807) is 7.11 Å². The molecule has 0 aliphatic heterocycles. The summed E-state index contributed by atoms with van der Waals surface area (Å²) in [4.78, 5) is 2.38. The van der Waals surface area contributed by atoms with Crippen molar-refractivity contribution in [2.75, 3.05) is 33.9 Å². The van der Waals surface area contributed by atoms with Crippen LogP contribution in [0.5, 0.6) is 0 Å². The lowest BCUT2D eigenvalue weighted by molar-refractivity contribution is 0.119. The summed E-state index contributed by atoms with van der Waals surface area (Å²) in [5.74, 6) is 0.665. The van der Waals surface area contributed by atoms with Crippen LogP contribution in [0.25, 0.3) is 0 Å². The Bertz CT molecular complexity index is 149. The van der Waals surface area contributed by atoms with Crippen LogP contribution in [0.2, 0.25) is 0 Å². The van der Waals surface area contributed by atoms with E-state index < -0.39 is 0 Å². The number of ether oxygens (including phenoxy) is 1. The van der Waals surface area contributed by atoms with Gasteiger partial charge >= 0.3 is 0 Å². The largest absolute Gasteiger partial charge is 0.383 e. The van der Waals surface area contributed by atoms with Crippen molar-refractivity contribution in [1.29, 1.82) is 0 Å². The molecule has 1 atom stereocenters. The molecule has 0 bridgehead atoms. The maximum Gasteiger partial charge on any atom is 0.0589 e. The van der Waals surface area contributed by atoms with Gasteiger partial charge in [-0.1, -0.05) is 27.7 Å². The lowest BCUT2D eigenvalue weighted by Gasteiger charge is -2.32. The van der Waals surface area contributed by atoms with Crippen LogP contribution < -0.4 is 5.32 Å². The van der Waals surface area contributed by atoms with Crippen LogP contribution in [0.3, 0.4) is 0 Å². The Morgan fingerprint density at radius 1 is 1.20 bits per heavy atom. The van der Waals surface area contributed by atoms with E-state index in [2.05, 4.69) is 45.0 Å². The third-order valence-electron chi connectivity index (χ3n) is 2.72. The maximum atomic E-state index is 5.11. The summed E-state index contributed by atoms with van der Waals surface area (Å²) in [6.45, 7) is 11.8. The summed E-state index contributed by atoms with van der Waals surface area (Å²) in [5.41, 5.74) is 0. The van der Waals surface area contributed by atoms with Crippen LogP contribution >= 0.6 is 0 Å². The number of hydrogen-bond acceptors (Lipinski definition) is 3. The quantitative estimate of drug-likeness (QED) is 0.667. The Morgan fingerprint density at radius 3 is 2.20 bits per heavy atom. The highest BCUT2D eigenvalue weighted by Gasteiger charge is 2.18. The first kappa shape index (κ1) is 14.9. The minimum atomic E-state index is 0.557. The van der Waals surface area contributed by atoms with E-state index in [1.807, 2.05) is 0 Å². The third-order valence-corrected chi connectivity index (χ3v) is 2.72. The molecule has 0 aliphatic rings. The van der Waals surface area contributed by atoms with Crippen LogP contribution in [0.1, 0.15) is 27.7 Å². The minimum absolute atomic E-state index is 0.557. The van der Waals surface area contributed by atoms with Gasteiger partial charge in [0, 0.05) is 32.3 Å². The normalized spacial score (nSPS) is 14.2. The first-order chi connectivity index (χ1) is 6.99. The lowest BCUT2D eigenvalue weighted by Crippen LogP contribution is -2.46. The highest BCUT2D eigenvalue weighted by atomic mass is 16.5. The standard InChI is InChI=1S/C12H28N2O/c1-10(2)12(9-13-11(3)4)14(5)7-8-15-6/h10-13H,7-9H2,1-6H3. The highest BCUT2D eigenvalue weighted by Crippen LogP contribution is 2.08. The minimum Gasteiger partial charge on any atom is -0.383 e. The Morgan fingerprint density at radius 2 is 1.80 bits per heavy atom. The second-order valence-corrected chi connectivity index (χ2v) is 4.85. The summed E-state index contributed by atoms with van der Waals surface area (Å²) < 4.78 is 5.11. The molecular formula is C12H28N2O. The Balaban J connectivity index is 4.01. The van der Waals surface area contributed by atoms with Crippen molar-refractivity contribution in [3.05, 3.63) is 0 Å². The smallest absolute Gasteiger partial charge is 0.0589 e. The van der Waals surface area contributed by atoms with Crippen molar-refractivity contribution in [2.24, 2.45) is 5.92 Å². The van der Waals surface area contributed by atoms with E-state index in [4.69, 9.17) is 4.74 Å². The molecule has 92 valence electrons. The van der Waals surface area contributed by atoms with Crippen LogP contribution in [0, 0.1) is 5.92 Å². The monoisotopic (exact) mass is 216 g/mol. The summed E-state index contributed by atoms with van der Waals surface area (Å²) in [5, 5.41) is 3.50. The Labute approximate surface area is 95.2 Å². The lowest BCUT2D eigenvalue weighted by atomic mass is 10.0. The average molecular weight is 216 g/mol. The van der Waals surface area contributed by atoms with Gasteiger partial charge in [0.05, 0.1) is 6.61 Å². The molecule has 0 radical (unpaired) electrons. The number of methoxy groups -OCH3 is 1. The summed E-state index contributed by atoms with van der Waals surface area (Å²) in [7, 11) is 3.93. The van der Waals surface area contributed by atoms with E-state index in [1.165, 1.54) is 0 Å². The van der Waals surface area contributed by atoms with E-state index in [-0.39, 0.29) is 0 Å². The van der Waals surface area contributed by atoms with Gasteiger partial charge in [-0.05, 0) is 13.0 Å². The molecule has 0 saturated heterocycles. The molecule has 0 spiro atoms. The second kappa shape index (κ2) is 8.08. The van der Waals surface area contributed by atoms with Crippen molar-refractivity contribution >= 4 is 0 Å². The molecule has 0 rings (SSSR count). The molecule has 0 aromatic carbocycles. The van der Waals surface area contributed by atoms with Gasteiger partial charge in [-0.2, -0.15) is 0 Å². The first-order valence-electron chi connectivity index (χ1n) is 5.91. The summed E-state index contributed by atoms with van der Waals surface area (Å²) in [6, 6.07) is 1.14. The number of nitrogens with zero attached hydrogens (tertiary/aromatic N) is 1. The summed E-state index contributed by atoms with van der Waals surface area (Å²) >= 11 is 0. The van der Waals surface area contributed by atoms with Gasteiger partial charge in [-0.15, -0.1) is 0 Å². The van der Waals surface area contributed by atoms with Gasteiger partial charge in [0.25, 0.3) is 0 Å². The Kier molecular flexibility index (Phi) is 8.02. The maximum absolute atomic E-state index is 5.11. The number of rotatable bonds is 8. The van der Waals surface area contributed by atoms with Crippen LogP contribution in [-0.2, 0) is 4.74 Å². The van der Waals surface area contributed by atoms with Gasteiger partial charge in [0.1, 0.15) is 0 Å². The molecular weight excluding hydrogens is 188 g/mol. The van der Waals surface area contributed by atoms with Gasteiger partial charge in [-0.3, -0.25) is 4.90 Å².